The van der Waals surface area contributed by atoms with Crippen LogP contribution in [0.4, 0.5) is 0 Å². The van der Waals surface area contributed by atoms with Gasteiger partial charge in [-0.2, -0.15) is 0 Å². The Morgan fingerprint density at radius 2 is 2.29 bits per heavy atom. The molecule has 2 N–H and O–H groups in total. The summed E-state index contributed by atoms with van der Waals surface area (Å²) in [7, 11) is 0. The highest BCUT2D eigenvalue weighted by Crippen LogP contribution is 2.42. The molecule has 2 heterocycles. The van der Waals surface area contributed by atoms with Gasteiger partial charge < -0.3 is 14.8 Å². The van der Waals surface area contributed by atoms with E-state index in [-0.39, 0.29) is 6.42 Å². The Kier molecular flexibility index (Phi) is 3.46. The molecule has 1 aliphatic rings. The zero-order chi connectivity index (χ0) is 15.2. The van der Waals surface area contributed by atoms with Gasteiger partial charge in [0.05, 0.1) is 24.2 Å². The number of H-pyrrole nitrogens is 1. The average molecular weight is 308 g/mol. The fourth-order valence-electron chi connectivity index (χ4n) is 3.29. The molecule has 0 radical (unpaired) electrons. The molecule has 2 aromatic rings. The van der Waals surface area contributed by atoms with E-state index in [2.05, 4.69) is 4.98 Å². The lowest BCUT2D eigenvalue weighted by Gasteiger charge is -2.35. The number of fused-ring (bicyclic) bond motifs is 3. The van der Waals surface area contributed by atoms with Crippen LogP contribution in [0.25, 0.3) is 10.9 Å². The van der Waals surface area contributed by atoms with Gasteiger partial charge in [0.25, 0.3) is 0 Å². The summed E-state index contributed by atoms with van der Waals surface area (Å²) in [5.74, 6) is -0.849. The number of aromatic nitrogens is 1. The summed E-state index contributed by atoms with van der Waals surface area (Å²) in [5, 5.41) is 11.1. The fraction of sp³-hybridized carbons (Fsp3) is 0.438. The Bertz CT molecular complexity index is 722. The van der Waals surface area contributed by atoms with Gasteiger partial charge in [0, 0.05) is 10.4 Å². The van der Waals surface area contributed by atoms with Crippen LogP contribution in [0.1, 0.15) is 36.6 Å². The Hall–Kier alpha value is -1.52. The molecular formula is C16H18ClNO3. The molecule has 0 aliphatic carbocycles. The van der Waals surface area contributed by atoms with E-state index < -0.39 is 11.6 Å². The minimum Gasteiger partial charge on any atom is -0.481 e. The minimum atomic E-state index is -0.849. The van der Waals surface area contributed by atoms with Gasteiger partial charge in [-0.3, -0.25) is 4.79 Å². The zero-order valence-corrected chi connectivity index (χ0v) is 12.9. The number of carbonyl (C=O) groups is 1. The van der Waals surface area contributed by atoms with Gasteiger partial charge >= 0.3 is 5.97 Å². The lowest BCUT2D eigenvalue weighted by Crippen LogP contribution is -2.37. The van der Waals surface area contributed by atoms with Crippen LogP contribution in [0.2, 0.25) is 5.02 Å². The van der Waals surface area contributed by atoms with Crippen molar-refractivity contribution in [3.05, 3.63) is 34.0 Å². The molecule has 112 valence electrons. The standard InChI is InChI=1S/C16H18ClNO3/c1-3-16(8-13(19)20)15-11(6-7-21-16)10-4-5-12(17)9(2)14(10)18-15/h4-5,18H,3,6-8H2,1-2H3,(H,19,20)/t16-/m1/s1. The summed E-state index contributed by atoms with van der Waals surface area (Å²) in [4.78, 5) is 14.7. The van der Waals surface area contributed by atoms with Crippen molar-refractivity contribution in [2.24, 2.45) is 0 Å². The van der Waals surface area contributed by atoms with E-state index in [9.17, 15) is 9.90 Å². The first-order valence-electron chi connectivity index (χ1n) is 7.14. The molecular weight excluding hydrogens is 290 g/mol. The summed E-state index contributed by atoms with van der Waals surface area (Å²) in [5.41, 5.74) is 3.28. The maximum Gasteiger partial charge on any atom is 0.306 e. The third-order valence-corrected chi connectivity index (χ3v) is 4.88. The van der Waals surface area contributed by atoms with Crippen molar-refractivity contribution in [1.29, 1.82) is 0 Å². The van der Waals surface area contributed by atoms with Crippen LogP contribution in [-0.2, 0) is 21.6 Å². The predicted octanol–water partition coefficient (Wildman–Crippen LogP) is 3.78. The van der Waals surface area contributed by atoms with E-state index in [1.165, 1.54) is 5.56 Å². The Morgan fingerprint density at radius 3 is 2.95 bits per heavy atom. The van der Waals surface area contributed by atoms with Crippen LogP contribution in [0.5, 0.6) is 0 Å². The predicted molar refractivity (Wildman–Crippen MR) is 81.9 cm³/mol. The number of benzene rings is 1. The summed E-state index contributed by atoms with van der Waals surface area (Å²) in [6.07, 6.45) is 1.37. The van der Waals surface area contributed by atoms with Gasteiger partial charge in [-0.25, -0.2) is 0 Å². The molecule has 0 unspecified atom stereocenters. The quantitative estimate of drug-likeness (QED) is 0.907. The normalized spacial score (nSPS) is 21.5. The lowest BCUT2D eigenvalue weighted by atomic mass is 9.86. The topological polar surface area (TPSA) is 62.3 Å². The number of aryl methyl sites for hydroxylation is 1. The van der Waals surface area contributed by atoms with Crippen LogP contribution >= 0.6 is 11.6 Å². The summed E-state index contributed by atoms with van der Waals surface area (Å²) in [6, 6.07) is 3.90. The molecule has 3 rings (SSSR count). The van der Waals surface area contributed by atoms with Crippen molar-refractivity contribution in [2.75, 3.05) is 6.61 Å². The van der Waals surface area contributed by atoms with E-state index >= 15 is 0 Å². The van der Waals surface area contributed by atoms with Crippen molar-refractivity contribution in [3.63, 3.8) is 0 Å². The second kappa shape index (κ2) is 5.04. The number of nitrogens with one attached hydrogen (secondary N) is 1. The summed E-state index contributed by atoms with van der Waals surface area (Å²) < 4.78 is 5.91. The van der Waals surface area contributed by atoms with Crippen molar-refractivity contribution in [1.82, 2.24) is 4.98 Å². The highest BCUT2D eigenvalue weighted by molar-refractivity contribution is 6.32. The van der Waals surface area contributed by atoms with Gasteiger partial charge in [0.15, 0.2) is 0 Å². The number of carboxylic acids is 1. The van der Waals surface area contributed by atoms with Crippen LogP contribution in [0.3, 0.4) is 0 Å². The molecule has 1 atom stereocenters. The molecule has 1 aliphatic heterocycles. The molecule has 1 aromatic heterocycles. The fourth-order valence-corrected chi connectivity index (χ4v) is 3.45. The SMILES string of the molecule is CC[C@]1(CC(=O)O)OCCc2c1[nH]c1c(C)c(Cl)ccc21. The van der Waals surface area contributed by atoms with E-state index in [4.69, 9.17) is 16.3 Å². The molecule has 0 spiro atoms. The number of rotatable bonds is 3. The highest BCUT2D eigenvalue weighted by atomic mass is 35.5. The number of carboxylic acid groups (broad SMARTS) is 1. The third-order valence-electron chi connectivity index (χ3n) is 4.47. The molecule has 0 fully saturated rings. The number of ether oxygens (including phenoxy) is 1. The van der Waals surface area contributed by atoms with Crippen LogP contribution < -0.4 is 0 Å². The molecule has 4 nitrogen and oxygen atoms in total. The van der Waals surface area contributed by atoms with Gasteiger partial charge in [-0.1, -0.05) is 24.6 Å². The van der Waals surface area contributed by atoms with Gasteiger partial charge in [0.2, 0.25) is 0 Å². The number of aromatic amines is 1. The van der Waals surface area contributed by atoms with Crippen LogP contribution in [0.15, 0.2) is 12.1 Å². The van der Waals surface area contributed by atoms with Crippen molar-refractivity contribution in [2.45, 2.75) is 38.7 Å². The first-order valence-corrected chi connectivity index (χ1v) is 7.52. The Labute approximate surface area is 128 Å². The lowest BCUT2D eigenvalue weighted by molar-refractivity contribution is -0.148. The monoisotopic (exact) mass is 307 g/mol. The molecule has 0 saturated carbocycles. The van der Waals surface area contributed by atoms with E-state index in [1.54, 1.807) is 0 Å². The van der Waals surface area contributed by atoms with Crippen molar-refractivity contribution in [3.8, 4) is 0 Å². The van der Waals surface area contributed by atoms with E-state index in [0.29, 0.717) is 18.1 Å². The molecule has 0 amide bonds. The third kappa shape index (κ3) is 2.14. The highest BCUT2D eigenvalue weighted by Gasteiger charge is 2.40. The Balaban J connectivity index is 2.26. The second-order valence-electron chi connectivity index (χ2n) is 5.59. The summed E-state index contributed by atoms with van der Waals surface area (Å²) in [6.45, 7) is 4.48. The molecule has 21 heavy (non-hydrogen) atoms. The van der Waals surface area contributed by atoms with Gasteiger partial charge in [-0.05, 0) is 37.0 Å². The zero-order valence-electron chi connectivity index (χ0n) is 12.1. The number of aliphatic carboxylic acids is 1. The van der Waals surface area contributed by atoms with Crippen molar-refractivity contribution >= 4 is 28.5 Å². The largest absolute Gasteiger partial charge is 0.481 e. The second-order valence-corrected chi connectivity index (χ2v) is 6.00. The first-order chi connectivity index (χ1) is 9.98. The maximum atomic E-state index is 11.3. The number of halogens is 1. The molecule has 5 heteroatoms. The van der Waals surface area contributed by atoms with Gasteiger partial charge in [0.1, 0.15) is 5.60 Å². The molecule has 1 aromatic carbocycles. The smallest absolute Gasteiger partial charge is 0.306 e. The van der Waals surface area contributed by atoms with E-state index in [0.717, 1.165) is 28.6 Å². The van der Waals surface area contributed by atoms with Crippen molar-refractivity contribution < 1.29 is 14.6 Å². The Morgan fingerprint density at radius 1 is 1.52 bits per heavy atom. The maximum absolute atomic E-state index is 11.3. The minimum absolute atomic E-state index is 0.0316. The summed E-state index contributed by atoms with van der Waals surface area (Å²) >= 11 is 6.20. The number of hydrogen-bond donors (Lipinski definition) is 2. The first kappa shape index (κ1) is 14.4. The van der Waals surface area contributed by atoms with Crippen LogP contribution in [-0.4, -0.2) is 22.7 Å². The molecule has 0 saturated heterocycles. The van der Waals surface area contributed by atoms with E-state index in [1.807, 2.05) is 26.0 Å². The molecule has 0 bridgehead atoms. The number of hydrogen-bond acceptors (Lipinski definition) is 2. The van der Waals surface area contributed by atoms with Crippen LogP contribution in [0, 0.1) is 6.92 Å². The van der Waals surface area contributed by atoms with Gasteiger partial charge in [-0.15, -0.1) is 0 Å². The average Bonchev–Trinajstić information content (AvgIpc) is 2.83.